The highest BCUT2D eigenvalue weighted by atomic mass is 16.1. The number of carbonyl (C=O) groups excluding carboxylic acids is 1. The second kappa shape index (κ2) is 8.63. The van der Waals surface area contributed by atoms with Crippen LogP contribution in [-0.2, 0) is 4.79 Å². The minimum Gasteiger partial charge on any atom is -0.368 e. The van der Waals surface area contributed by atoms with Crippen LogP contribution in [0.25, 0.3) is 0 Å². The van der Waals surface area contributed by atoms with E-state index in [4.69, 9.17) is 5.73 Å². The Kier molecular flexibility index (Phi) is 7.52. The number of nitrogens with one attached hydrogen (secondary N) is 1. The number of carbonyl (C=O) groups is 1. The first-order chi connectivity index (χ1) is 9.51. The number of nitrogens with zero attached hydrogens (tertiary/aromatic N) is 1. The molecule has 4 heteroatoms. The molecule has 1 saturated carbocycles. The van der Waals surface area contributed by atoms with Crippen LogP contribution in [0.2, 0.25) is 0 Å². The molecule has 0 aliphatic heterocycles. The summed E-state index contributed by atoms with van der Waals surface area (Å²) in [6.07, 6.45) is 6.88. The van der Waals surface area contributed by atoms with E-state index in [1.165, 1.54) is 32.4 Å². The molecule has 0 aromatic rings. The normalized spacial score (nSPS) is 18.2. The van der Waals surface area contributed by atoms with Crippen LogP contribution in [0.3, 0.4) is 0 Å². The van der Waals surface area contributed by atoms with Gasteiger partial charge in [0.2, 0.25) is 5.91 Å². The summed E-state index contributed by atoms with van der Waals surface area (Å²) >= 11 is 0. The Balaban J connectivity index is 2.34. The molecule has 20 heavy (non-hydrogen) atoms. The van der Waals surface area contributed by atoms with Crippen LogP contribution in [0, 0.1) is 5.92 Å². The molecule has 1 amide bonds. The zero-order chi connectivity index (χ0) is 15.0. The molecule has 0 saturated heterocycles. The first kappa shape index (κ1) is 17.4. The van der Waals surface area contributed by atoms with E-state index in [0.29, 0.717) is 0 Å². The summed E-state index contributed by atoms with van der Waals surface area (Å²) < 4.78 is 0. The third kappa shape index (κ3) is 6.23. The second-order valence-electron chi connectivity index (χ2n) is 6.47. The van der Waals surface area contributed by atoms with Gasteiger partial charge < -0.3 is 16.0 Å². The van der Waals surface area contributed by atoms with E-state index in [0.717, 1.165) is 38.3 Å². The van der Waals surface area contributed by atoms with Gasteiger partial charge in [0.1, 0.15) is 0 Å². The van der Waals surface area contributed by atoms with Crippen molar-refractivity contribution in [1.29, 1.82) is 0 Å². The van der Waals surface area contributed by atoms with Crippen molar-refractivity contribution in [2.24, 2.45) is 11.7 Å². The van der Waals surface area contributed by atoms with Gasteiger partial charge in [0.25, 0.3) is 0 Å². The summed E-state index contributed by atoms with van der Waals surface area (Å²) in [7, 11) is 0. The lowest BCUT2D eigenvalue weighted by Crippen LogP contribution is -2.53. The Morgan fingerprint density at radius 2 is 2.00 bits per heavy atom. The van der Waals surface area contributed by atoms with Gasteiger partial charge in [-0.1, -0.05) is 13.8 Å². The van der Waals surface area contributed by atoms with E-state index in [1.807, 2.05) is 6.92 Å². The number of hydrogen-bond acceptors (Lipinski definition) is 3. The largest absolute Gasteiger partial charge is 0.368 e. The van der Waals surface area contributed by atoms with Crippen LogP contribution in [0.5, 0.6) is 0 Å². The predicted molar refractivity (Wildman–Crippen MR) is 84.6 cm³/mol. The van der Waals surface area contributed by atoms with Crippen LogP contribution in [0.15, 0.2) is 0 Å². The summed E-state index contributed by atoms with van der Waals surface area (Å²) in [5.74, 6) is 0.706. The molecule has 1 aliphatic carbocycles. The first-order valence-electron chi connectivity index (χ1n) is 8.29. The zero-order valence-electron chi connectivity index (χ0n) is 13.6. The number of amides is 1. The smallest absolute Gasteiger partial charge is 0.237 e. The molecule has 3 N–H and O–H groups in total. The van der Waals surface area contributed by atoms with E-state index in [9.17, 15) is 4.79 Å². The lowest BCUT2D eigenvalue weighted by atomic mass is 9.94. The van der Waals surface area contributed by atoms with Crippen LogP contribution in [0.4, 0.5) is 0 Å². The Hall–Kier alpha value is -0.610. The zero-order valence-corrected chi connectivity index (χ0v) is 13.6. The fraction of sp³-hybridized carbons (Fsp3) is 0.938. The quantitative estimate of drug-likeness (QED) is 0.577. The predicted octanol–water partition coefficient (Wildman–Crippen LogP) is 2.13. The average Bonchev–Trinajstić information content (AvgIpc) is 3.20. The third-order valence-electron chi connectivity index (χ3n) is 4.21. The average molecular weight is 283 g/mol. The van der Waals surface area contributed by atoms with E-state index in [2.05, 4.69) is 24.1 Å². The highest BCUT2D eigenvalue weighted by Crippen LogP contribution is 2.29. The second-order valence-corrected chi connectivity index (χ2v) is 6.47. The topological polar surface area (TPSA) is 58.4 Å². The van der Waals surface area contributed by atoms with Crippen molar-refractivity contribution >= 4 is 5.91 Å². The standard InChI is InChI=1S/C16H33N3O/c1-4-10-18-16(3,15(17)20)9-6-12-19(11-5-2)13-14-7-8-14/h14,18H,4-13H2,1-3H3,(H2,17,20). The van der Waals surface area contributed by atoms with Gasteiger partial charge in [-0.15, -0.1) is 0 Å². The summed E-state index contributed by atoms with van der Waals surface area (Å²) in [6, 6.07) is 0. The van der Waals surface area contributed by atoms with Crippen molar-refractivity contribution in [2.75, 3.05) is 26.2 Å². The van der Waals surface area contributed by atoms with Crippen molar-refractivity contribution in [3.63, 3.8) is 0 Å². The molecule has 1 rings (SSSR count). The molecular weight excluding hydrogens is 250 g/mol. The maximum absolute atomic E-state index is 11.7. The SMILES string of the molecule is CCCNC(C)(CCCN(CCC)CC1CC1)C(N)=O. The highest BCUT2D eigenvalue weighted by Gasteiger charge is 2.30. The Bertz CT molecular complexity index is 291. The fourth-order valence-electron chi connectivity index (χ4n) is 2.63. The maximum Gasteiger partial charge on any atom is 0.237 e. The molecule has 0 radical (unpaired) electrons. The highest BCUT2D eigenvalue weighted by molar-refractivity contribution is 5.84. The molecule has 1 atom stereocenters. The fourth-order valence-corrected chi connectivity index (χ4v) is 2.63. The maximum atomic E-state index is 11.7. The van der Waals surface area contributed by atoms with E-state index < -0.39 is 5.54 Å². The molecule has 0 spiro atoms. The number of primary amides is 1. The Labute approximate surface area is 124 Å². The van der Waals surface area contributed by atoms with Crippen molar-refractivity contribution in [2.45, 2.75) is 64.8 Å². The van der Waals surface area contributed by atoms with Gasteiger partial charge >= 0.3 is 0 Å². The molecule has 1 aliphatic rings. The molecule has 0 heterocycles. The van der Waals surface area contributed by atoms with Crippen molar-refractivity contribution in [3.8, 4) is 0 Å². The molecule has 1 fully saturated rings. The molecule has 0 aromatic carbocycles. The monoisotopic (exact) mass is 283 g/mol. The van der Waals surface area contributed by atoms with Gasteiger partial charge in [0, 0.05) is 6.54 Å². The van der Waals surface area contributed by atoms with Gasteiger partial charge in [-0.3, -0.25) is 4.79 Å². The summed E-state index contributed by atoms with van der Waals surface area (Å²) in [4.78, 5) is 14.2. The minimum absolute atomic E-state index is 0.227. The van der Waals surface area contributed by atoms with Gasteiger partial charge in [0.15, 0.2) is 0 Å². The molecule has 0 aromatic heterocycles. The molecule has 118 valence electrons. The first-order valence-corrected chi connectivity index (χ1v) is 8.29. The van der Waals surface area contributed by atoms with Gasteiger partial charge in [-0.25, -0.2) is 0 Å². The molecule has 1 unspecified atom stereocenters. The van der Waals surface area contributed by atoms with E-state index in [-0.39, 0.29) is 5.91 Å². The van der Waals surface area contributed by atoms with Crippen LogP contribution < -0.4 is 11.1 Å². The molecule has 4 nitrogen and oxygen atoms in total. The van der Waals surface area contributed by atoms with Gasteiger partial charge in [-0.05, 0) is 71.0 Å². The van der Waals surface area contributed by atoms with E-state index >= 15 is 0 Å². The van der Waals surface area contributed by atoms with Crippen molar-refractivity contribution < 1.29 is 4.79 Å². The third-order valence-corrected chi connectivity index (χ3v) is 4.21. The molecular formula is C16H33N3O. The van der Waals surface area contributed by atoms with Crippen LogP contribution >= 0.6 is 0 Å². The van der Waals surface area contributed by atoms with Crippen LogP contribution in [-0.4, -0.2) is 42.5 Å². The van der Waals surface area contributed by atoms with E-state index in [1.54, 1.807) is 0 Å². The van der Waals surface area contributed by atoms with Crippen LogP contribution in [0.1, 0.15) is 59.3 Å². The van der Waals surface area contributed by atoms with Gasteiger partial charge in [-0.2, -0.15) is 0 Å². The lowest BCUT2D eigenvalue weighted by Gasteiger charge is -2.29. The number of hydrogen-bond donors (Lipinski definition) is 2. The van der Waals surface area contributed by atoms with Crippen molar-refractivity contribution in [1.82, 2.24) is 10.2 Å². The Morgan fingerprint density at radius 3 is 2.50 bits per heavy atom. The van der Waals surface area contributed by atoms with Gasteiger partial charge in [0.05, 0.1) is 5.54 Å². The number of nitrogens with two attached hydrogens (primary N) is 1. The minimum atomic E-state index is -0.548. The van der Waals surface area contributed by atoms with Crippen molar-refractivity contribution in [3.05, 3.63) is 0 Å². The Morgan fingerprint density at radius 1 is 1.30 bits per heavy atom. The summed E-state index contributed by atoms with van der Waals surface area (Å²) in [5, 5.41) is 3.31. The summed E-state index contributed by atoms with van der Waals surface area (Å²) in [5.41, 5.74) is 5.01. The lowest BCUT2D eigenvalue weighted by molar-refractivity contribution is -0.124. The number of rotatable bonds is 12. The molecule has 0 bridgehead atoms. The summed E-state index contributed by atoms with van der Waals surface area (Å²) in [6.45, 7) is 10.6.